The van der Waals surface area contributed by atoms with Crippen LogP contribution in [0.5, 0.6) is 5.75 Å². The first kappa shape index (κ1) is 14.6. The molecule has 2 N–H and O–H groups in total. The third-order valence-electron chi connectivity index (χ3n) is 3.66. The van der Waals surface area contributed by atoms with Crippen molar-refractivity contribution in [3.8, 4) is 5.75 Å². The molecular weight excluding hydrogens is 246 g/mol. The lowest BCUT2D eigenvalue weighted by atomic mass is 10.0. The molecule has 2 nitrogen and oxygen atoms in total. The van der Waals surface area contributed by atoms with E-state index in [-0.39, 0.29) is 6.10 Å². The fourth-order valence-electron chi connectivity index (χ4n) is 2.47. The largest absolute Gasteiger partial charge is 0.484 e. The van der Waals surface area contributed by atoms with Crippen LogP contribution in [0.1, 0.15) is 33.9 Å². The third kappa shape index (κ3) is 3.02. The van der Waals surface area contributed by atoms with Crippen LogP contribution in [0.4, 0.5) is 0 Å². The van der Waals surface area contributed by atoms with E-state index < -0.39 is 0 Å². The van der Waals surface area contributed by atoms with Gasteiger partial charge in [-0.15, -0.1) is 0 Å². The van der Waals surface area contributed by atoms with Gasteiger partial charge < -0.3 is 10.5 Å². The van der Waals surface area contributed by atoms with Crippen molar-refractivity contribution < 1.29 is 4.74 Å². The number of hydrogen-bond acceptors (Lipinski definition) is 2. The fourth-order valence-corrected chi connectivity index (χ4v) is 2.47. The predicted octanol–water partition coefficient (Wildman–Crippen LogP) is 4.00. The molecule has 0 fully saturated rings. The number of hydrogen-bond donors (Lipinski definition) is 1. The second-order valence-electron chi connectivity index (χ2n) is 5.42. The van der Waals surface area contributed by atoms with Gasteiger partial charge in [0.1, 0.15) is 11.9 Å². The number of rotatable bonds is 4. The van der Waals surface area contributed by atoms with Gasteiger partial charge in [-0.3, -0.25) is 0 Å². The highest BCUT2D eigenvalue weighted by Gasteiger charge is 2.16. The fraction of sp³-hybridized carbons (Fsp3) is 0.333. The number of benzene rings is 2. The van der Waals surface area contributed by atoms with Gasteiger partial charge in [0.15, 0.2) is 0 Å². The van der Waals surface area contributed by atoms with E-state index >= 15 is 0 Å². The lowest BCUT2D eigenvalue weighted by Gasteiger charge is -2.22. The monoisotopic (exact) mass is 269 g/mol. The van der Waals surface area contributed by atoms with Crippen molar-refractivity contribution in [3.63, 3.8) is 0 Å². The van der Waals surface area contributed by atoms with Gasteiger partial charge in [-0.1, -0.05) is 42.0 Å². The minimum absolute atomic E-state index is 0.102. The summed E-state index contributed by atoms with van der Waals surface area (Å²) in [5.41, 5.74) is 11.9. The van der Waals surface area contributed by atoms with Crippen LogP contribution in [-0.2, 0) is 0 Å². The average molecular weight is 269 g/mol. The molecule has 0 spiro atoms. The molecule has 0 bridgehead atoms. The van der Waals surface area contributed by atoms with Crippen LogP contribution in [-0.4, -0.2) is 6.54 Å². The van der Waals surface area contributed by atoms with Crippen LogP contribution < -0.4 is 10.5 Å². The molecule has 0 saturated carbocycles. The van der Waals surface area contributed by atoms with Gasteiger partial charge in [-0.2, -0.15) is 0 Å². The Morgan fingerprint density at radius 1 is 0.950 bits per heavy atom. The summed E-state index contributed by atoms with van der Waals surface area (Å²) >= 11 is 0. The minimum Gasteiger partial charge on any atom is -0.484 e. The zero-order valence-electron chi connectivity index (χ0n) is 12.7. The quantitative estimate of drug-likeness (QED) is 0.910. The van der Waals surface area contributed by atoms with E-state index in [1.54, 1.807) is 0 Å². The molecule has 0 saturated heterocycles. The molecule has 2 aromatic rings. The van der Waals surface area contributed by atoms with Crippen LogP contribution in [0.2, 0.25) is 0 Å². The van der Waals surface area contributed by atoms with Gasteiger partial charge in [0.2, 0.25) is 0 Å². The van der Waals surface area contributed by atoms with Crippen molar-refractivity contribution >= 4 is 0 Å². The topological polar surface area (TPSA) is 35.2 Å². The predicted molar refractivity (Wildman–Crippen MR) is 84.3 cm³/mol. The summed E-state index contributed by atoms with van der Waals surface area (Å²) in [6.45, 7) is 8.80. The van der Waals surface area contributed by atoms with Crippen LogP contribution in [0.25, 0.3) is 0 Å². The summed E-state index contributed by atoms with van der Waals surface area (Å²) < 4.78 is 6.22. The Kier molecular flexibility index (Phi) is 4.46. The molecule has 2 rings (SSSR count). The van der Waals surface area contributed by atoms with Crippen molar-refractivity contribution in [1.29, 1.82) is 0 Å². The number of para-hydroxylation sites is 1. The van der Waals surface area contributed by atoms with Crippen LogP contribution in [0.15, 0.2) is 36.4 Å². The molecule has 2 heteroatoms. The highest BCUT2D eigenvalue weighted by atomic mass is 16.5. The molecule has 1 atom stereocenters. The first-order valence-corrected chi connectivity index (χ1v) is 7.03. The zero-order chi connectivity index (χ0) is 14.7. The smallest absolute Gasteiger partial charge is 0.136 e. The first-order valence-electron chi connectivity index (χ1n) is 7.03. The van der Waals surface area contributed by atoms with E-state index in [2.05, 4.69) is 58.0 Å². The molecule has 2 aromatic carbocycles. The Labute approximate surface area is 121 Å². The van der Waals surface area contributed by atoms with E-state index in [0.717, 1.165) is 16.9 Å². The molecule has 0 aliphatic rings. The van der Waals surface area contributed by atoms with Crippen molar-refractivity contribution in [3.05, 3.63) is 64.2 Å². The van der Waals surface area contributed by atoms with Gasteiger partial charge >= 0.3 is 0 Å². The lowest BCUT2D eigenvalue weighted by molar-refractivity contribution is 0.210. The normalized spacial score (nSPS) is 12.2. The van der Waals surface area contributed by atoms with Gasteiger partial charge in [0, 0.05) is 6.54 Å². The van der Waals surface area contributed by atoms with Crippen LogP contribution in [0.3, 0.4) is 0 Å². The molecule has 20 heavy (non-hydrogen) atoms. The van der Waals surface area contributed by atoms with E-state index in [9.17, 15) is 0 Å². The van der Waals surface area contributed by atoms with Crippen LogP contribution >= 0.6 is 0 Å². The summed E-state index contributed by atoms with van der Waals surface area (Å²) in [5, 5.41) is 0. The summed E-state index contributed by atoms with van der Waals surface area (Å²) in [5.74, 6) is 0.948. The van der Waals surface area contributed by atoms with Gasteiger partial charge in [0.25, 0.3) is 0 Å². The van der Waals surface area contributed by atoms with Gasteiger partial charge in [-0.05, 0) is 49.9 Å². The van der Waals surface area contributed by atoms with E-state index in [4.69, 9.17) is 10.5 Å². The third-order valence-corrected chi connectivity index (χ3v) is 3.66. The molecule has 0 aromatic heterocycles. The molecule has 0 amide bonds. The number of aryl methyl sites for hydroxylation is 4. The highest BCUT2D eigenvalue weighted by molar-refractivity contribution is 5.41. The van der Waals surface area contributed by atoms with E-state index in [1.807, 2.05) is 6.07 Å². The average Bonchev–Trinajstić information content (AvgIpc) is 2.42. The van der Waals surface area contributed by atoms with Crippen molar-refractivity contribution in [2.75, 3.05) is 6.54 Å². The summed E-state index contributed by atoms with van der Waals surface area (Å²) in [6, 6.07) is 12.6. The Morgan fingerprint density at radius 2 is 1.60 bits per heavy atom. The maximum atomic E-state index is 6.22. The first-order chi connectivity index (χ1) is 9.52. The van der Waals surface area contributed by atoms with Crippen molar-refractivity contribution in [1.82, 2.24) is 0 Å². The SMILES string of the molecule is Cc1ccc(C)c(C(CN)Oc2c(C)cccc2C)c1. The van der Waals surface area contributed by atoms with Gasteiger partial charge in [0.05, 0.1) is 0 Å². The number of nitrogens with two attached hydrogens (primary N) is 1. The molecular formula is C18H23NO. The van der Waals surface area contributed by atoms with Crippen LogP contribution in [0, 0.1) is 27.7 Å². The second-order valence-corrected chi connectivity index (χ2v) is 5.42. The van der Waals surface area contributed by atoms with Crippen molar-refractivity contribution in [2.45, 2.75) is 33.8 Å². The highest BCUT2D eigenvalue weighted by Crippen LogP contribution is 2.29. The minimum atomic E-state index is -0.102. The summed E-state index contributed by atoms with van der Waals surface area (Å²) in [4.78, 5) is 0. The standard InChI is InChI=1S/C18H23NO/c1-12-8-9-13(2)16(10-12)17(11-19)20-18-14(3)6-5-7-15(18)4/h5-10,17H,11,19H2,1-4H3. The Balaban J connectivity index is 2.36. The maximum Gasteiger partial charge on any atom is 0.136 e. The maximum absolute atomic E-state index is 6.22. The van der Waals surface area contributed by atoms with E-state index in [0.29, 0.717) is 6.54 Å². The Hall–Kier alpha value is -1.80. The Morgan fingerprint density at radius 3 is 2.20 bits per heavy atom. The molecule has 106 valence electrons. The molecule has 0 radical (unpaired) electrons. The van der Waals surface area contributed by atoms with E-state index in [1.165, 1.54) is 16.7 Å². The molecule has 0 aliphatic heterocycles. The Bertz CT molecular complexity index is 584. The zero-order valence-corrected chi connectivity index (χ0v) is 12.7. The molecule has 0 heterocycles. The summed E-state index contributed by atoms with van der Waals surface area (Å²) in [6.07, 6.45) is -0.102. The number of ether oxygens (including phenoxy) is 1. The lowest BCUT2D eigenvalue weighted by Crippen LogP contribution is -2.20. The second kappa shape index (κ2) is 6.10. The molecule has 1 unspecified atom stereocenters. The van der Waals surface area contributed by atoms with Gasteiger partial charge in [-0.25, -0.2) is 0 Å². The molecule has 0 aliphatic carbocycles. The van der Waals surface area contributed by atoms with Crippen molar-refractivity contribution in [2.24, 2.45) is 5.73 Å². The summed E-state index contributed by atoms with van der Waals surface area (Å²) in [7, 11) is 0.